The minimum atomic E-state index is 0.896. The lowest BCUT2D eigenvalue weighted by Gasteiger charge is -2.12. The predicted molar refractivity (Wildman–Crippen MR) is 179 cm³/mol. The van der Waals surface area contributed by atoms with Crippen molar-refractivity contribution in [3.63, 3.8) is 0 Å². The Morgan fingerprint density at radius 2 is 0.907 bits per heavy atom. The fraction of sp³-hybridized carbons (Fsp3) is 0. The molecule has 0 N–H and O–H groups in total. The Bertz CT molecular complexity index is 2470. The summed E-state index contributed by atoms with van der Waals surface area (Å²) in [6, 6.07) is 52.4. The standard InChI is InChI=1S/C40H25N3/c1-2-11-32-27(8-1)22-23-43-40(32)39(41-42-43)28-18-16-26(17-19-28)29-9-7-10-30(24-29)31-20-21-37-35-14-4-3-12-33(35)34-13-5-6-15-36(34)38(37)25-31/h1-25H. The minimum Gasteiger partial charge on any atom is -0.219 e. The van der Waals surface area contributed by atoms with Crippen LogP contribution >= 0.6 is 0 Å². The van der Waals surface area contributed by atoms with Gasteiger partial charge in [-0.15, -0.1) is 5.10 Å². The summed E-state index contributed by atoms with van der Waals surface area (Å²) in [4.78, 5) is 0. The van der Waals surface area contributed by atoms with E-state index >= 15 is 0 Å². The van der Waals surface area contributed by atoms with Gasteiger partial charge in [0.05, 0.1) is 0 Å². The van der Waals surface area contributed by atoms with Crippen molar-refractivity contribution in [2.75, 3.05) is 0 Å². The molecular formula is C40H25N3. The van der Waals surface area contributed by atoms with E-state index < -0.39 is 0 Å². The second kappa shape index (κ2) is 9.37. The van der Waals surface area contributed by atoms with Crippen LogP contribution in [0.5, 0.6) is 0 Å². The molecule has 7 aromatic carbocycles. The average molecular weight is 548 g/mol. The molecule has 0 amide bonds. The third-order valence-electron chi connectivity index (χ3n) is 8.74. The van der Waals surface area contributed by atoms with Crippen LogP contribution in [0.25, 0.3) is 82.1 Å². The maximum atomic E-state index is 4.55. The molecule has 0 spiro atoms. The topological polar surface area (TPSA) is 30.2 Å². The summed E-state index contributed by atoms with van der Waals surface area (Å²) in [5.41, 5.74) is 7.76. The van der Waals surface area contributed by atoms with E-state index in [4.69, 9.17) is 0 Å². The molecule has 0 atom stereocenters. The molecule has 9 aromatic rings. The maximum Gasteiger partial charge on any atom is 0.121 e. The smallest absolute Gasteiger partial charge is 0.121 e. The first-order chi connectivity index (χ1) is 21.3. The molecule has 43 heavy (non-hydrogen) atoms. The van der Waals surface area contributed by atoms with Gasteiger partial charge in [-0.2, -0.15) is 0 Å². The molecule has 0 radical (unpaired) electrons. The molecule has 0 aliphatic heterocycles. The van der Waals surface area contributed by atoms with Gasteiger partial charge in [-0.1, -0.05) is 133 Å². The van der Waals surface area contributed by atoms with Crippen molar-refractivity contribution in [3.05, 3.63) is 152 Å². The molecule has 2 aromatic heterocycles. The van der Waals surface area contributed by atoms with Crippen LogP contribution in [0.3, 0.4) is 0 Å². The first kappa shape index (κ1) is 23.9. The fourth-order valence-corrected chi connectivity index (χ4v) is 6.64. The Kier molecular flexibility index (Phi) is 5.20. The first-order valence-electron chi connectivity index (χ1n) is 14.6. The molecule has 200 valence electrons. The number of pyridine rings is 1. The first-order valence-corrected chi connectivity index (χ1v) is 14.6. The van der Waals surface area contributed by atoms with Crippen LogP contribution in [0.4, 0.5) is 0 Å². The van der Waals surface area contributed by atoms with Gasteiger partial charge in [-0.05, 0) is 78.2 Å². The van der Waals surface area contributed by atoms with Crippen molar-refractivity contribution < 1.29 is 0 Å². The summed E-state index contributed by atoms with van der Waals surface area (Å²) >= 11 is 0. The Morgan fingerprint density at radius 1 is 0.372 bits per heavy atom. The Morgan fingerprint density at radius 3 is 1.63 bits per heavy atom. The summed E-state index contributed by atoms with van der Waals surface area (Å²) in [5.74, 6) is 0. The molecule has 2 heterocycles. The van der Waals surface area contributed by atoms with Gasteiger partial charge >= 0.3 is 0 Å². The molecule has 3 heteroatoms. The highest BCUT2D eigenvalue weighted by atomic mass is 15.4. The Hall–Kier alpha value is -5.80. The Balaban J connectivity index is 1.12. The van der Waals surface area contributed by atoms with Crippen molar-refractivity contribution in [2.24, 2.45) is 0 Å². The molecule has 9 rings (SSSR count). The molecule has 3 nitrogen and oxygen atoms in total. The van der Waals surface area contributed by atoms with E-state index in [2.05, 4.69) is 156 Å². The van der Waals surface area contributed by atoms with E-state index in [1.807, 2.05) is 10.7 Å². The minimum absolute atomic E-state index is 0.896. The van der Waals surface area contributed by atoms with Gasteiger partial charge < -0.3 is 0 Å². The van der Waals surface area contributed by atoms with E-state index in [0.717, 1.165) is 22.2 Å². The summed E-state index contributed by atoms with van der Waals surface area (Å²) in [6.45, 7) is 0. The number of benzene rings is 7. The molecular weight excluding hydrogens is 522 g/mol. The van der Waals surface area contributed by atoms with Crippen LogP contribution in [-0.2, 0) is 0 Å². The lowest BCUT2D eigenvalue weighted by molar-refractivity contribution is 0.859. The molecule has 0 saturated carbocycles. The number of hydrogen-bond acceptors (Lipinski definition) is 2. The molecule has 0 bridgehead atoms. The largest absolute Gasteiger partial charge is 0.219 e. The number of fused-ring (bicyclic) bond motifs is 9. The lowest BCUT2D eigenvalue weighted by Crippen LogP contribution is -1.87. The third-order valence-corrected chi connectivity index (χ3v) is 8.74. The quantitative estimate of drug-likeness (QED) is 0.206. The number of rotatable bonds is 3. The van der Waals surface area contributed by atoms with Gasteiger partial charge in [0.15, 0.2) is 0 Å². The fourth-order valence-electron chi connectivity index (χ4n) is 6.64. The highest BCUT2D eigenvalue weighted by Crippen LogP contribution is 2.38. The zero-order chi connectivity index (χ0) is 28.3. The van der Waals surface area contributed by atoms with Gasteiger partial charge in [-0.3, -0.25) is 0 Å². The molecule has 0 aliphatic rings. The highest BCUT2D eigenvalue weighted by molar-refractivity contribution is 6.25. The van der Waals surface area contributed by atoms with Crippen LogP contribution in [0.15, 0.2) is 152 Å². The molecule has 0 fully saturated rings. The zero-order valence-corrected chi connectivity index (χ0v) is 23.3. The van der Waals surface area contributed by atoms with Crippen LogP contribution in [0.2, 0.25) is 0 Å². The molecule has 0 aliphatic carbocycles. The number of nitrogens with zero attached hydrogens (tertiary/aromatic N) is 3. The van der Waals surface area contributed by atoms with Crippen molar-refractivity contribution in [3.8, 4) is 33.5 Å². The van der Waals surface area contributed by atoms with E-state index in [1.54, 1.807) is 0 Å². The molecule has 0 unspecified atom stereocenters. The van der Waals surface area contributed by atoms with Crippen molar-refractivity contribution in [2.45, 2.75) is 0 Å². The summed E-state index contributed by atoms with van der Waals surface area (Å²) in [6.07, 6.45) is 1.98. The van der Waals surface area contributed by atoms with Gasteiger partial charge in [-0.25, -0.2) is 4.52 Å². The lowest BCUT2D eigenvalue weighted by atomic mass is 9.91. The Labute approximate surface area is 248 Å². The van der Waals surface area contributed by atoms with Gasteiger partial charge in [0.25, 0.3) is 0 Å². The van der Waals surface area contributed by atoms with E-state index in [0.29, 0.717) is 0 Å². The van der Waals surface area contributed by atoms with Crippen molar-refractivity contribution >= 4 is 48.6 Å². The predicted octanol–water partition coefficient (Wildman–Crippen LogP) is 10.3. The number of aromatic nitrogens is 3. The summed E-state index contributed by atoms with van der Waals surface area (Å²) in [5, 5.41) is 19.0. The second-order valence-corrected chi connectivity index (χ2v) is 11.1. The monoisotopic (exact) mass is 547 g/mol. The van der Waals surface area contributed by atoms with Crippen LogP contribution < -0.4 is 0 Å². The summed E-state index contributed by atoms with van der Waals surface area (Å²) in [7, 11) is 0. The van der Waals surface area contributed by atoms with Crippen LogP contribution in [0, 0.1) is 0 Å². The van der Waals surface area contributed by atoms with Crippen molar-refractivity contribution in [1.29, 1.82) is 0 Å². The number of hydrogen-bond donors (Lipinski definition) is 0. The van der Waals surface area contributed by atoms with Crippen LogP contribution in [-0.4, -0.2) is 14.8 Å². The van der Waals surface area contributed by atoms with E-state index in [-0.39, 0.29) is 0 Å². The van der Waals surface area contributed by atoms with Crippen molar-refractivity contribution in [1.82, 2.24) is 14.8 Å². The molecule has 0 saturated heterocycles. The maximum absolute atomic E-state index is 4.55. The third kappa shape index (κ3) is 3.75. The van der Waals surface area contributed by atoms with Gasteiger partial charge in [0, 0.05) is 17.1 Å². The zero-order valence-electron chi connectivity index (χ0n) is 23.3. The second-order valence-electron chi connectivity index (χ2n) is 11.1. The SMILES string of the molecule is c1cc(-c2ccc(-c3nnn4ccc5ccccc5c34)cc2)cc(-c2ccc3c4ccccc4c4ccccc4c3c2)c1. The van der Waals surface area contributed by atoms with Gasteiger partial charge in [0.1, 0.15) is 11.2 Å². The van der Waals surface area contributed by atoms with Gasteiger partial charge in [0.2, 0.25) is 0 Å². The normalized spacial score (nSPS) is 11.7. The van der Waals surface area contributed by atoms with E-state index in [9.17, 15) is 0 Å². The van der Waals surface area contributed by atoms with Crippen LogP contribution in [0.1, 0.15) is 0 Å². The summed E-state index contributed by atoms with van der Waals surface area (Å²) < 4.78 is 1.87. The highest BCUT2D eigenvalue weighted by Gasteiger charge is 2.13. The van der Waals surface area contributed by atoms with E-state index in [1.165, 1.54) is 60.0 Å². The average Bonchev–Trinajstić information content (AvgIpc) is 3.53.